The van der Waals surface area contributed by atoms with Crippen LogP contribution in [0.25, 0.3) is 0 Å². The number of benzene rings is 1. The van der Waals surface area contributed by atoms with E-state index >= 15 is 0 Å². The number of hydrogen-bond acceptors (Lipinski definition) is 3. The summed E-state index contributed by atoms with van der Waals surface area (Å²) in [5, 5.41) is 0. The summed E-state index contributed by atoms with van der Waals surface area (Å²) >= 11 is 0. The van der Waals surface area contributed by atoms with Crippen molar-refractivity contribution < 1.29 is 8.42 Å². The molecule has 4 heteroatoms. The molecule has 0 radical (unpaired) electrons. The van der Waals surface area contributed by atoms with Crippen molar-refractivity contribution in [1.29, 1.82) is 0 Å². The fourth-order valence-corrected chi connectivity index (χ4v) is 2.29. The van der Waals surface area contributed by atoms with Gasteiger partial charge in [-0.05, 0) is 43.0 Å². The molecule has 90 valence electrons. The number of rotatable bonds is 5. The van der Waals surface area contributed by atoms with Crippen LogP contribution in [-0.2, 0) is 16.3 Å². The molecule has 1 aromatic carbocycles. The topological polar surface area (TPSA) is 60.2 Å². The first kappa shape index (κ1) is 13.2. The summed E-state index contributed by atoms with van der Waals surface area (Å²) in [5.41, 5.74) is 6.65. The number of nitrogens with two attached hydrogens (primary N) is 1. The Morgan fingerprint density at radius 2 is 1.81 bits per heavy atom. The van der Waals surface area contributed by atoms with Crippen LogP contribution >= 0.6 is 0 Å². The Morgan fingerprint density at radius 3 is 2.25 bits per heavy atom. The summed E-state index contributed by atoms with van der Waals surface area (Å²) in [6, 6.07) is 7.09. The van der Waals surface area contributed by atoms with Crippen LogP contribution in [0.5, 0.6) is 0 Å². The zero-order valence-electron chi connectivity index (χ0n) is 9.81. The zero-order chi connectivity index (χ0) is 12.2. The van der Waals surface area contributed by atoms with E-state index in [1.54, 1.807) is 12.1 Å². The molecule has 0 aliphatic heterocycles. The molecule has 1 rings (SSSR count). The molecule has 0 heterocycles. The lowest BCUT2D eigenvalue weighted by atomic mass is 9.98. The van der Waals surface area contributed by atoms with Crippen molar-refractivity contribution in [2.24, 2.45) is 11.7 Å². The molecular formula is C12H19NO2S. The van der Waals surface area contributed by atoms with Crippen molar-refractivity contribution in [1.82, 2.24) is 0 Å². The lowest BCUT2D eigenvalue weighted by molar-refractivity contribution is 0.538. The molecule has 1 atom stereocenters. The van der Waals surface area contributed by atoms with E-state index in [1.165, 1.54) is 6.26 Å². The van der Waals surface area contributed by atoms with Gasteiger partial charge in [0.2, 0.25) is 0 Å². The molecule has 16 heavy (non-hydrogen) atoms. The molecule has 0 aliphatic carbocycles. The Kier molecular flexibility index (Phi) is 4.50. The summed E-state index contributed by atoms with van der Waals surface area (Å²) in [6.45, 7) is 2.85. The highest BCUT2D eigenvalue weighted by Gasteiger charge is 2.07. The van der Waals surface area contributed by atoms with Crippen molar-refractivity contribution in [2.75, 3.05) is 12.8 Å². The van der Waals surface area contributed by atoms with Crippen LogP contribution in [0.4, 0.5) is 0 Å². The van der Waals surface area contributed by atoms with Gasteiger partial charge in [0.15, 0.2) is 9.84 Å². The lowest BCUT2D eigenvalue weighted by Gasteiger charge is -2.10. The van der Waals surface area contributed by atoms with Crippen molar-refractivity contribution in [2.45, 2.75) is 24.7 Å². The van der Waals surface area contributed by atoms with Gasteiger partial charge in [-0.15, -0.1) is 0 Å². The summed E-state index contributed by atoms with van der Waals surface area (Å²) in [7, 11) is -3.08. The van der Waals surface area contributed by atoms with Gasteiger partial charge in [-0.25, -0.2) is 8.42 Å². The Labute approximate surface area is 97.6 Å². The fraction of sp³-hybridized carbons (Fsp3) is 0.500. The largest absolute Gasteiger partial charge is 0.330 e. The Morgan fingerprint density at radius 1 is 1.25 bits per heavy atom. The van der Waals surface area contributed by atoms with E-state index in [0.29, 0.717) is 17.4 Å². The third-order valence-corrected chi connectivity index (χ3v) is 3.72. The minimum absolute atomic E-state index is 0.378. The van der Waals surface area contributed by atoms with Crippen molar-refractivity contribution in [3.05, 3.63) is 29.8 Å². The first-order valence-electron chi connectivity index (χ1n) is 5.42. The Hall–Kier alpha value is -0.870. The minimum Gasteiger partial charge on any atom is -0.330 e. The first-order valence-corrected chi connectivity index (χ1v) is 7.31. The lowest BCUT2D eigenvalue weighted by Crippen LogP contribution is -2.08. The van der Waals surface area contributed by atoms with E-state index in [-0.39, 0.29) is 0 Å². The molecule has 0 saturated heterocycles. The van der Waals surface area contributed by atoms with E-state index in [0.717, 1.165) is 18.4 Å². The average molecular weight is 241 g/mol. The second-order valence-corrected chi connectivity index (χ2v) is 6.32. The van der Waals surface area contributed by atoms with Crippen LogP contribution in [0, 0.1) is 5.92 Å². The molecule has 0 amide bonds. The molecule has 0 spiro atoms. The second-order valence-electron chi connectivity index (χ2n) is 4.30. The number of hydrogen-bond donors (Lipinski definition) is 1. The second kappa shape index (κ2) is 5.46. The maximum atomic E-state index is 11.3. The summed E-state index contributed by atoms with van der Waals surface area (Å²) in [6.07, 6.45) is 3.16. The van der Waals surface area contributed by atoms with E-state index in [4.69, 9.17) is 5.73 Å². The highest BCUT2D eigenvalue weighted by molar-refractivity contribution is 7.90. The van der Waals surface area contributed by atoms with Crippen molar-refractivity contribution in [3.63, 3.8) is 0 Å². The van der Waals surface area contributed by atoms with E-state index in [9.17, 15) is 8.42 Å². The third kappa shape index (κ3) is 3.94. The molecule has 0 fully saturated rings. The van der Waals surface area contributed by atoms with Crippen molar-refractivity contribution in [3.8, 4) is 0 Å². The smallest absolute Gasteiger partial charge is 0.175 e. The van der Waals surface area contributed by atoms with Gasteiger partial charge in [0.25, 0.3) is 0 Å². The van der Waals surface area contributed by atoms with Gasteiger partial charge < -0.3 is 5.73 Å². The molecule has 1 unspecified atom stereocenters. The average Bonchev–Trinajstić information content (AvgIpc) is 2.17. The third-order valence-electron chi connectivity index (χ3n) is 2.60. The van der Waals surface area contributed by atoms with Gasteiger partial charge in [0, 0.05) is 6.26 Å². The molecule has 0 aromatic heterocycles. The predicted molar refractivity (Wildman–Crippen MR) is 66.1 cm³/mol. The summed E-state index contributed by atoms with van der Waals surface area (Å²) in [5.74, 6) is 0.536. The molecule has 2 N–H and O–H groups in total. The van der Waals surface area contributed by atoms with Gasteiger partial charge in [0.1, 0.15) is 0 Å². The highest BCUT2D eigenvalue weighted by atomic mass is 32.2. The zero-order valence-corrected chi connectivity index (χ0v) is 10.6. The highest BCUT2D eigenvalue weighted by Crippen LogP contribution is 2.14. The van der Waals surface area contributed by atoms with Gasteiger partial charge in [0.05, 0.1) is 4.90 Å². The Bertz CT molecular complexity index is 423. The number of sulfone groups is 1. The van der Waals surface area contributed by atoms with E-state index in [2.05, 4.69) is 6.92 Å². The Balaban J connectivity index is 2.72. The normalized spacial score (nSPS) is 13.7. The van der Waals surface area contributed by atoms with Crippen LogP contribution in [0.15, 0.2) is 29.2 Å². The van der Waals surface area contributed by atoms with Gasteiger partial charge in [-0.2, -0.15) is 0 Å². The minimum atomic E-state index is -3.08. The fourth-order valence-electron chi connectivity index (χ4n) is 1.66. The maximum Gasteiger partial charge on any atom is 0.175 e. The molecule has 1 aromatic rings. The molecule has 3 nitrogen and oxygen atoms in total. The van der Waals surface area contributed by atoms with Crippen LogP contribution in [0.2, 0.25) is 0 Å². The maximum absolute atomic E-state index is 11.3. The molecule has 0 aliphatic rings. The van der Waals surface area contributed by atoms with Crippen LogP contribution in [0.3, 0.4) is 0 Å². The molecule has 0 bridgehead atoms. The van der Waals surface area contributed by atoms with Gasteiger partial charge in [-0.3, -0.25) is 0 Å². The quantitative estimate of drug-likeness (QED) is 0.852. The predicted octanol–water partition coefficient (Wildman–Crippen LogP) is 1.62. The van der Waals surface area contributed by atoms with Crippen molar-refractivity contribution >= 4 is 9.84 Å². The van der Waals surface area contributed by atoms with Crippen LogP contribution in [-0.4, -0.2) is 21.2 Å². The standard InChI is InChI=1S/C12H19NO2S/c1-10(7-8-13)9-11-3-5-12(6-4-11)16(2,14)15/h3-6,10H,7-9,13H2,1-2H3. The van der Waals surface area contributed by atoms with E-state index in [1.807, 2.05) is 12.1 Å². The van der Waals surface area contributed by atoms with Crippen LogP contribution in [0.1, 0.15) is 18.9 Å². The molecule has 0 saturated carbocycles. The van der Waals surface area contributed by atoms with Crippen LogP contribution < -0.4 is 5.73 Å². The monoisotopic (exact) mass is 241 g/mol. The van der Waals surface area contributed by atoms with Gasteiger partial charge >= 0.3 is 0 Å². The summed E-state index contributed by atoms with van der Waals surface area (Å²) < 4.78 is 22.5. The van der Waals surface area contributed by atoms with E-state index < -0.39 is 9.84 Å². The van der Waals surface area contributed by atoms with Gasteiger partial charge in [-0.1, -0.05) is 19.1 Å². The molecular weight excluding hydrogens is 222 g/mol. The summed E-state index contributed by atoms with van der Waals surface area (Å²) in [4.78, 5) is 0.378. The first-order chi connectivity index (χ1) is 7.43. The SMILES string of the molecule is CC(CCN)Cc1ccc(S(C)(=O)=O)cc1.